The Hall–Kier alpha value is -6.38. The monoisotopic (exact) mass is 613 g/mol. The molecular formula is C46H31NO. The van der Waals surface area contributed by atoms with Gasteiger partial charge in [-0.25, -0.2) is 0 Å². The Morgan fingerprint density at radius 3 is 1.69 bits per heavy atom. The van der Waals surface area contributed by atoms with Crippen molar-refractivity contribution in [1.29, 1.82) is 0 Å². The summed E-state index contributed by atoms with van der Waals surface area (Å²) in [5.74, 6) is 0. The highest BCUT2D eigenvalue weighted by Crippen LogP contribution is 2.40. The fraction of sp³-hybridized carbons (Fsp3) is 0. The van der Waals surface area contributed by atoms with E-state index in [9.17, 15) is 0 Å². The van der Waals surface area contributed by atoms with Gasteiger partial charge in [0.05, 0.1) is 0 Å². The Bertz CT molecular complexity index is 2540. The highest BCUT2D eigenvalue weighted by atomic mass is 16.3. The summed E-state index contributed by atoms with van der Waals surface area (Å²) in [5, 5.41) is 4.81. The van der Waals surface area contributed by atoms with Gasteiger partial charge in [0.25, 0.3) is 0 Å². The fourth-order valence-electron chi connectivity index (χ4n) is 6.88. The van der Waals surface area contributed by atoms with E-state index in [1.54, 1.807) is 0 Å². The molecule has 0 N–H and O–H groups in total. The lowest BCUT2D eigenvalue weighted by atomic mass is 9.97. The predicted molar refractivity (Wildman–Crippen MR) is 202 cm³/mol. The van der Waals surface area contributed by atoms with Crippen LogP contribution in [0.3, 0.4) is 0 Å². The maximum atomic E-state index is 6.17. The summed E-state index contributed by atoms with van der Waals surface area (Å²) in [6, 6.07) is 66.9. The number of hydrogen-bond donors (Lipinski definition) is 0. The average molecular weight is 614 g/mol. The Labute approximate surface area is 279 Å². The maximum absolute atomic E-state index is 6.17. The van der Waals surface area contributed by atoms with Crippen molar-refractivity contribution >= 4 is 49.8 Å². The van der Waals surface area contributed by atoms with Gasteiger partial charge in [0, 0.05) is 27.8 Å². The summed E-state index contributed by atoms with van der Waals surface area (Å²) in [6.45, 7) is 0. The summed E-state index contributed by atoms with van der Waals surface area (Å²) in [5.41, 5.74) is 12.3. The summed E-state index contributed by atoms with van der Waals surface area (Å²) in [4.78, 5) is 2.31. The largest absolute Gasteiger partial charge is 0.456 e. The van der Waals surface area contributed by atoms with Crippen LogP contribution >= 0.6 is 0 Å². The van der Waals surface area contributed by atoms with E-state index in [0.717, 1.165) is 44.6 Å². The van der Waals surface area contributed by atoms with Crippen LogP contribution < -0.4 is 4.90 Å². The van der Waals surface area contributed by atoms with Gasteiger partial charge in [-0.05, 0) is 105 Å². The van der Waals surface area contributed by atoms with Crippen molar-refractivity contribution in [2.24, 2.45) is 0 Å². The molecule has 9 aromatic rings. The molecule has 1 heterocycles. The number of anilines is 3. The molecule has 48 heavy (non-hydrogen) atoms. The van der Waals surface area contributed by atoms with Crippen molar-refractivity contribution in [3.05, 3.63) is 188 Å². The van der Waals surface area contributed by atoms with E-state index in [4.69, 9.17) is 4.42 Å². The van der Waals surface area contributed by atoms with Gasteiger partial charge in [0.15, 0.2) is 0 Å². The smallest absolute Gasteiger partial charge is 0.136 e. The molecular weight excluding hydrogens is 583 g/mol. The van der Waals surface area contributed by atoms with Gasteiger partial charge in [0.1, 0.15) is 11.2 Å². The Balaban J connectivity index is 1.06. The minimum atomic E-state index is 0.909. The summed E-state index contributed by atoms with van der Waals surface area (Å²) < 4.78 is 6.17. The number of furan rings is 1. The van der Waals surface area contributed by atoms with Crippen LogP contribution in [0.5, 0.6) is 0 Å². The first-order valence-electron chi connectivity index (χ1n) is 16.3. The first-order chi connectivity index (χ1) is 23.8. The lowest BCUT2D eigenvalue weighted by Crippen LogP contribution is -2.09. The number of hydrogen-bond acceptors (Lipinski definition) is 2. The molecule has 8 aromatic carbocycles. The molecule has 2 nitrogen and oxygen atoms in total. The van der Waals surface area contributed by atoms with Gasteiger partial charge >= 0.3 is 0 Å². The van der Waals surface area contributed by atoms with Crippen molar-refractivity contribution < 1.29 is 4.42 Å². The Morgan fingerprint density at radius 1 is 0.333 bits per heavy atom. The molecule has 0 radical (unpaired) electrons. The summed E-state index contributed by atoms with van der Waals surface area (Å²) >= 11 is 0. The van der Waals surface area contributed by atoms with Crippen LogP contribution in [0, 0.1) is 0 Å². The molecule has 0 aliphatic heterocycles. The van der Waals surface area contributed by atoms with Crippen LogP contribution in [0.15, 0.2) is 192 Å². The van der Waals surface area contributed by atoms with E-state index in [0.29, 0.717) is 0 Å². The summed E-state index contributed by atoms with van der Waals surface area (Å²) in [7, 11) is 0. The topological polar surface area (TPSA) is 16.4 Å². The third-order valence-electron chi connectivity index (χ3n) is 9.26. The van der Waals surface area contributed by atoms with Gasteiger partial charge in [-0.2, -0.15) is 0 Å². The van der Waals surface area contributed by atoms with Gasteiger partial charge < -0.3 is 9.32 Å². The number of para-hydroxylation sites is 2. The molecule has 2 heteroatoms. The number of fused-ring (bicyclic) bond motifs is 4. The van der Waals surface area contributed by atoms with Gasteiger partial charge in [0.2, 0.25) is 0 Å². The average Bonchev–Trinajstić information content (AvgIpc) is 3.55. The molecule has 0 bridgehead atoms. The molecule has 9 rings (SSSR count). The van der Waals surface area contributed by atoms with E-state index in [-0.39, 0.29) is 0 Å². The molecule has 0 saturated carbocycles. The molecule has 0 amide bonds. The van der Waals surface area contributed by atoms with Crippen LogP contribution in [0.4, 0.5) is 17.1 Å². The SMILES string of the molecule is c1ccc(N(c2ccc(-c3cccc(-c4ccc5ccccc5c4)c3)cc2)c2ccc(-c3cccc4oc5ccccc5c34)cc2)cc1. The van der Waals surface area contributed by atoms with Crippen molar-refractivity contribution in [3.8, 4) is 33.4 Å². The highest BCUT2D eigenvalue weighted by Gasteiger charge is 2.15. The van der Waals surface area contributed by atoms with E-state index >= 15 is 0 Å². The number of rotatable bonds is 6. The van der Waals surface area contributed by atoms with Crippen molar-refractivity contribution in [2.45, 2.75) is 0 Å². The van der Waals surface area contributed by atoms with Gasteiger partial charge in [-0.3, -0.25) is 0 Å². The lowest BCUT2D eigenvalue weighted by molar-refractivity contribution is 0.669. The second kappa shape index (κ2) is 11.8. The van der Waals surface area contributed by atoms with E-state index in [1.807, 2.05) is 18.2 Å². The fourth-order valence-corrected chi connectivity index (χ4v) is 6.88. The van der Waals surface area contributed by atoms with Gasteiger partial charge in [-0.15, -0.1) is 0 Å². The first-order valence-corrected chi connectivity index (χ1v) is 16.3. The van der Waals surface area contributed by atoms with Crippen LogP contribution in [-0.4, -0.2) is 0 Å². The van der Waals surface area contributed by atoms with Gasteiger partial charge in [-0.1, -0.05) is 127 Å². The molecule has 0 aliphatic rings. The van der Waals surface area contributed by atoms with Crippen molar-refractivity contribution in [1.82, 2.24) is 0 Å². The Morgan fingerprint density at radius 2 is 0.896 bits per heavy atom. The van der Waals surface area contributed by atoms with Crippen LogP contribution in [0.2, 0.25) is 0 Å². The van der Waals surface area contributed by atoms with E-state index in [2.05, 4.69) is 175 Å². The lowest BCUT2D eigenvalue weighted by Gasteiger charge is -2.26. The van der Waals surface area contributed by atoms with Crippen LogP contribution in [0.25, 0.3) is 66.1 Å². The number of nitrogens with zero attached hydrogens (tertiary/aromatic N) is 1. The quantitative estimate of drug-likeness (QED) is 0.185. The minimum Gasteiger partial charge on any atom is -0.456 e. The third-order valence-corrected chi connectivity index (χ3v) is 9.26. The minimum absolute atomic E-state index is 0.909. The predicted octanol–water partition coefficient (Wildman–Crippen LogP) is 13.2. The second-order valence-corrected chi connectivity index (χ2v) is 12.2. The van der Waals surface area contributed by atoms with Crippen molar-refractivity contribution in [2.75, 3.05) is 4.90 Å². The highest BCUT2D eigenvalue weighted by molar-refractivity contribution is 6.12. The molecule has 0 unspecified atom stereocenters. The van der Waals surface area contributed by atoms with Crippen LogP contribution in [-0.2, 0) is 0 Å². The zero-order valence-corrected chi connectivity index (χ0v) is 26.3. The maximum Gasteiger partial charge on any atom is 0.136 e. The van der Waals surface area contributed by atoms with E-state index < -0.39 is 0 Å². The second-order valence-electron chi connectivity index (χ2n) is 12.2. The molecule has 0 spiro atoms. The summed E-state index contributed by atoms with van der Waals surface area (Å²) in [6.07, 6.45) is 0. The zero-order chi connectivity index (χ0) is 31.9. The molecule has 226 valence electrons. The standard InChI is InChI=1S/C46H31NO/c1-2-14-39(15-3-1)47(41-28-24-34(25-29-41)42-17-9-19-45-46(42)43-16-6-7-18-44(43)48-45)40-26-22-33(23-27-40)36-12-8-13-37(30-36)38-21-20-32-10-4-5-11-35(32)31-38/h1-31H. The zero-order valence-electron chi connectivity index (χ0n) is 26.3. The normalized spacial score (nSPS) is 11.3. The van der Waals surface area contributed by atoms with Crippen LogP contribution in [0.1, 0.15) is 0 Å². The van der Waals surface area contributed by atoms with E-state index in [1.165, 1.54) is 38.6 Å². The Kier molecular flexibility index (Phi) is 6.84. The molecule has 1 aromatic heterocycles. The third kappa shape index (κ3) is 5.01. The molecule has 0 saturated heterocycles. The molecule has 0 fully saturated rings. The van der Waals surface area contributed by atoms with Crippen molar-refractivity contribution in [3.63, 3.8) is 0 Å². The molecule has 0 atom stereocenters. The first kappa shape index (κ1) is 27.9. The number of benzene rings is 8. The molecule has 0 aliphatic carbocycles.